The zero-order valence-corrected chi connectivity index (χ0v) is 19.5. The summed E-state index contributed by atoms with van der Waals surface area (Å²) < 4.78 is 0. The quantitative estimate of drug-likeness (QED) is 0.345. The minimum Gasteiger partial charge on any atom is -0.0972 e. The van der Waals surface area contributed by atoms with Crippen LogP contribution in [0.3, 0.4) is 0 Å². The van der Waals surface area contributed by atoms with E-state index >= 15 is 0 Å². The SMILES string of the molecule is CC[Si](C=CC(C=C[Si](CC)(CC)CC)c1ccccc1)(CC)CC. The van der Waals surface area contributed by atoms with Crippen LogP contribution >= 0.6 is 0 Å². The van der Waals surface area contributed by atoms with Crippen LogP contribution in [0.5, 0.6) is 0 Å². The molecule has 0 heterocycles. The molecule has 0 radical (unpaired) electrons. The van der Waals surface area contributed by atoms with Crippen LogP contribution in [0.1, 0.15) is 53.0 Å². The highest BCUT2D eigenvalue weighted by atomic mass is 28.3. The number of rotatable bonds is 11. The molecule has 140 valence electrons. The van der Waals surface area contributed by atoms with E-state index < -0.39 is 16.1 Å². The Bertz CT molecular complexity index is 476. The van der Waals surface area contributed by atoms with Gasteiger partial charge in [-0.3, -0.25) is 0 Å². The average Bonchev–Trinajstić information content (AvgIpc) is 2.69. The lowest BCUT2D eigenvalue weighted by Gasteiger charge is -2.26. The van der Waals surface area contributed by atoms with E-state index in [2.05, 4.69) is 95.4 Å². The summed E-state index contributed by atoms with van der Waals surface area (Å²) in [7, 11) is -2.43. The third-order valence-corrected chi connectivity index (χ3v) is 17.0. The first-order chi connectivity index (χ1) is 12.0. The molecule has 2 heteroatoms. The summed E-state index contributed by atoms with van der Waals surface area (Å²) in [5, 5.41) is 0. The van der Waals surface area contributed by atoms with Crippen molar-refractivity contribution in [1.29, 1.82) is 0 Å². The lowest BCUT2D eigenvalue weighted by atomic mass is 10.00. The summed E-state index contributed by atoms with van der Waals surface area (Å²) in [6, 6.07) is 19.2. The van der Waals surface area contributed by atoms with Gasteiger partial charge in [0.2, 0.25) is 0 Å². The third-order valence-electron chi connectivity index (χ3n) is 6.72. The summed E-state index contributed by atoms with van der Waals surface area (Å²) in [6.07, 6.45) is 5.07. The third kappa shape index (κ3) is 6.11. The summed E-state index contributed by atoms with van der Waals surface area (Å²) >= 11 is 0. The minimum atomic E-state index is -1.22. The molecule has 0 spiro atoms. The molecule has 25 heavy (non-hydrogen) atoms. The topological polar surface area (TPSA) is 0 Å². The summed E-state index contributed by atoms with van der Waals surface area (Å²) in [6.45, 7) is 14.3. The highest BCUT2D eigenvalue weighted by Crippen LogP contribution is 2.28. The summed E-state index contributed by atoms with van der Waals surface area (Å²) in [5.41, 5.74) is 6.75. The second-order valence-corrected chi connectivity index (χ2v) is 17.9. The van der Waals surface area contributed by atoms with E-state index in [0.29, 0.717) is 5.92 Å². The van der Waals surface area contributed by atoms with Gasteiger partial charge in [-0.1, -0.05) is 132 Å². The standard InChI is InChI=1S/C23H40Si2/c1-7-24(8-2,9-3)20-18-23(22-16-14-13-15-17-22)19-21-25(10-4,11-5)12-6/h13-21,23H,7-12H2,1-6H3. The Labute approximate surface area is 159 Å². The molecule has 0 saturated carbocycles. The fraction of sp³-hybridized carbons (Fsp3) is 0.565. The maximum absolute atomic E-state index is 2.65. The molecule has 0 aromatic heterocycles. The van der Waals surface area contributed by atoms with Crippen molar-refractivity contribution in [1.82, 2.24) is 0 Å². The van der Waals surface area contributed by atoms with Gasteiger partial charge in [0.25, 0.3) is 0 Å². The molecule has 1 aromatic rings. The molecule has 0 amide bonds. The summed E-state index contributed by atoms with van der Waals surface area (Å²) in [5.74, 6) is 0.439. The van der Waals surface area contributed by atoms with Crippen molar-refractivity contribution in [2.24, 2.45) is 0 Å². The van der Waals surface area contributed by atoms with Crippen LogP contribution in [0.15, 0.2) is 53.9 Å². The highest BCUT2D eigenvalue weighted by Gasteiger charge is 2.25. The smallest absolute Gasteiger partial charge is 0.0766 e. The molecule has 0 aliphatic heterocycles. The van der Waals surface area contributed by atoms with Gasteiger partial charge in [-0.2, -0.15) is 0 Å². The van der Waals surface area contributed by atoms with Crippen LogP contribution in [0.2, 0.25) is 36.3 Å². The fourth-order valence-corrected chi connectivity index (χ4v) is 9.43. The van der Waals surface area contributed by atoms with E-state index in [9.17, 15) is 0 Å². The molecule has 0 bridgehead atoms. The lowest BCUT2D eigenvalue weighted by molar-refractivity contribution is 1.07. The molecule has 0 atom stereocenters. The van der Waals surface area contributed by atoms with Gasteiger partial charge in [0.15, 0.2) is 0 Å². The molecular formula is C23H40Si2. The molecule has 0 saturated heterocycles. The van der Waals surface area contributed by atoms with E-state index in [1.54, 1.807) is 0 Å². The largest absolute Gasteiger partial charge is 0.0972 e. The van der Waals surface area contributed by atoms with Gasteiger partial charge in [-0.15, -0.1) is 0 Å². The van der Waals surface area contributed by atoms with Gasteiger partial charge in [0, 0.05) is 5.92 Å². The van der Waals surface area contributed by atoms with Crippen molar-refractivity contribution in [3.05, 3.63) is 59.4 Å². The Hall–Kier alpha value is -0.866. The molecule has 0 aliphatic carbocycles. The first-order valence-corrected chi connectivity index (χ1v) is 15.9. The van der Waals surface area contributed by atoms with Crippen LogP contribution < -0.4 is 0 Å². The predicted octanol–water partition coefficient (Wildman–Crippen LogP) is 7.98. The molecule has 1 aromatic carbocycles. The fourth-order valence-electron chi connectivity index (χ4n) is 3.78. The van der Waals surface area contributed by atoms with Crippen LogP contribution in [0, 0.1) is 0 Å². The Kier molecular flexibility index (Phi) is 9.74. The molecule has 0 fully saturated rings. The van der Waals surface area contributed by atoms with E-state index in [1.807, 2.05) is 0 Å². The number of hydrogen-bond acceptors (Lipinski definition) is 0. The van der Waals surface area contributed by atoms with Crippen LogP contribution in [-0.2, 0) is 0 Å². The maximum atomic E-state index is 2.65. The van der Waals surface area contributed by atoms with E-state index in [0.717, 1.165) is 0 Å². The highest BCUT2D eigenvalue weighted by molar-refractivity contribution is 6.84. The average molecular weight is 373 g/mol. The monoisotopic (exact) mass is 372 g/mol. The first kappa shape index (κ1) is 22.2. The molecule has 0 unspecified atom stereocenters. The van der Waals surface area contributed by atoms with E-state index in [1.165, 1.54) is 41.8 Å². The second kappa shape index (κ2) is 11.0. The van der Waals surface area contributed by atoms with Gasteiger partial charge in [0.1, 0.15) is 0 Å². The van der Waals surface area contributed by atoms with Gasteiger partial charge in [-0.05, 0) is 5.56 Å². The van der Waals surface area contributed by atoms with Gasteiger partial charge >= 0.3 is 0 Å². The van der Waals surface area contributed by atoms with E-state index in [-0.39, 0.29) is 0 Å². The van der Waals surface area contributed by atoms with Crippen LogP contribution in [0.4, 0.5) is 0 Å². The lowest BCUT2D eigenvalue weighted by Crippen LogP contribution is -2.29. The Morgan fingerprint density at radius 1 is 0.640 bits per heavy atom. The number of benzene rings is 1. The Balaban J connectivity index is 3.19. The minimum absolute atomic E-state index is 0.439. The van der Waals surface area contributed by atoms with Crippen LogP contribution in [0.25, 0.3) is 0 Å². The van der Waals surface area contributed by atoms with Crippen LogP contribution in [-0.4, -0.2) is 16.1 Å². The second-order valence-electron chi connectivity index (χ2n) is 7.50. The molecule has 0 aliphatic rings. The van der Waals surface area contributed by atoms with Crippen molar-refractivity contribution in [3.63, 3.8) is 0 Å². The molecule has 1 rings (SSSR count). The molecule has 0 N–H and O–H groups in total. The van der Waals surface area contributed by atoms with Gasteiger partial charge < -0.3 is 0 Å². The van der Waals surface area contributed by atoms with Gasteiger partial charge in [0.05, 0.1) is 16.1 Å². The van der Waals surface area contributed by atoms with Crippen molar-refractivity contribution < 1.29 is 0 Å². The zero-order chi connectivity index (χ0) is 18.8. The number of hydrogen-bond donors (Lipinski definition) is 0. The number of allylic oxidation sites excluding steroid dienone is 2. The van der Waals surface area contributed by atoms with Gasteiger partial charge in [-0.25, -0.2) is 0 Å². The Morgan fingerprint density at radius 2 is 1.00 bits per heavy atom. The first-order valence-electron chi connectivity index (χ1n) is 10.5. The zero-order valence-electron chi connectivity index (χ0n) is 17.5. The van der Waals surface area contributed by atoms with Crippen molar-refractivity contribution in [2.45, 2.75) is 83.7 Å². The van der Waals surface area contributed by atoms with Crippen molar-refractivity contribution in [3.8, 4) is 0 Å². The van der Waals surface area contributed by atoms with Crippen molar-refractivity contribution in [2.75, 3.05) is 0 Å². The molecular weight excluding hydrogens is 332 g/mol. The normalized spacial score (nSPS) is 14.5. The van der Waals surface area contributed by atoms with E-state index in [4.69, 9.17) is 0 Å². The predicted molar refractivity (Wildman–Crippen MR) is 122 cm³/mol. The Morgan fingerprint density at radius 3 is 1.32 bits per heavy atom. The van der Waals surface area contributed by atoms with Crippen molar-refractivity contribution >= 4 is 16.1 Å². The molecule has 0 nitrogen and oxygen atoms in total. The summed E-state index contributed by atoms with van der Waals surface area (Å²) in [4.78, 5) is 0. The maximum Gasteiger partial charge on any atom is 0.0766 e.